The van der Waals surface area contributed by atoms with E-state index in [1.165, 1.54) is 18.2 Å². The molecule has 0 saturated carbocycles. The van der Waals surface area contributed by atoms with E-state index in [9.17, 15) is 18.0 Å². The molecule has 0 unspecified atom stereocenters. The number of imidazole rings is 1. The predicted octanol–water partition coefficient (Wildman–Crippen LogP) is 3.93. The highest BCUT2D eigenvalue weighted by Gasteiger charge is 2.15. The first-order valence-corrected chi connectivity index (χ1v) is 9.54. The number of anilines is 1. The summed E-state index contributed by atoms with van der Waals surface area (Å²) >= 11 is 0. The lowest BCUT2D eigenvalue weighted by Gasteiger charge is -2.10. The van der Waals surface area contributed by atoms with Crippen LogP contribution in [0.15, 0.2) is 61.1 Å². The van der Waals surface area contributed by atoms with Gasteiger partial charge in [0.2, 0.25) is 5.91 Å². The Bertz CT molecular complexity index is 1240. The summed E-state index contributed by atoms with van der Waals surface area (Å²) in [5.74, 6) is -1.47. The zero-order chi connectivity index (χ0) is 21.8. The molecule has 2 aromatic heterocycles. The number of fused-ring (bicyclic) bond motifs is 1. The van der Waals surface area contributed by atoms with Gasteiger partial charge in [0.05, 0.1) is 6.20 Å². The molecule has 2 aromatic carbocycles. The molecule has 31 heavy (non-hydrogen) atoms. The molecule has 0 aliphatic carbocycles. The van der Waals surface area contributed by atoms with Gasteiger partial charge in [-0.1, -0.05) is 18.2 Å². The van der Waals surface area contributed by atoms with Crippen LogP contribution in [-0.2, 0) is 11.3 Å². The summed E-state index contributed by atoms with van der Waals surface area (Å²) in [4.78, 5) is 20.7. The van der Waals surface area contributed by atoms with Gasteiger partial charge in [0.25, 0.3) is 0 Å². The van der Waals surface area contributed by atoms with Crippen molar-refractivity contribution in [1.29, 1.82) is 0 Å². The highest BCUT2D eigenvalue weighted by molar-refractivity contribution is 5.78. The number of rotatable bonds is 7. The van der Waals surface area contributed by atoms with Gasteiger partial charge >= 0.3 is 0 Å². The second-order valence-corrected chi connectivity index (χ2v) is 6.81. The predicted molar refractivity (Wildman–Crippen MR) is 110 cm³/mol. The van der Waals surface area contributed by atoms with Crippen molar-refractivity contribution in [3.63, 3.8) is 0 Å². The third-order valence-electron chi connectivity index (χ3n) is 4.66. The van der Waals surface area contributed by atoms with Crippen LogP contribution in [0.5, 0.6) is 0 Å². The van der Waals surface area contributed by atoms with E-state index in [1.54, 1.807) is 35.1 Å². The highest BCUT2D eigenvalue weighted by atomic mass is 19.1. The number of hydrogen-bond acceptors (Lipinski definition) is 4. The third kappa shape index (κ3) is 4.66. The van der Waals surface area contributed by atoms with Crippen LogP contribution in [0, 0.1) is 17.5 Å². The molecule has 4 aromatic rings. The zero-order valence-electron chi connectivity index (χ0n) is 16.3. The van der Waals surface area contributed by atoms with Crippen molar-refractivity contribution < 1.29 is 18.0 Å². The van der Waals surface area contributed by atoms with Gasteiger partial charge in [-0.3, -0.25) is 14.2 Å². The molecule has 6 nitrogen and oxygen atoms in total. The van der Waals surface area contributed by atoms with Gasteiger partial charge in [-0.2, -0.15) is 0 Å². The van der Waals surface area contributed by atoms with Crippen molar-refractivity contribution in [3.8, 4) is 11.3 Å². The summed E-state index contributed by atoms with van der Waals surface area (Å²) in [5.41, 5.74) is 1.88. The Kier molecular flexibility index (Phi) is 5.83. The van der Waals surface area contributed by atoms with Crippen LogP contribution in [0.1, 0.15) is 12.0 Å². The topological polar surface area (TPSA) is 71.3 Å². The molecular weight excluding hydrogens is 407 g/mol. The van der Waals surface area contributed by atoms with Gasteiger partial charge in [-0.15, -0.1) is 0 Å². The van der Waals surface area contributed by atoms with Crippen molar-refractivity contribution in [2.45, 2.75) is 13.0 Å². The van der Waals surface area contributed by atoms with Gasteiger partial charge in [0.1, 0.15) is 29.0 Å². The van der Waals surface area contributed by atoms with Gasteiger partial charge in [0, 0.05) is 49.1 Å². The lowest BCUT2D eigenvalue weighted by atomic mass is 10.1. The van der Waals surface area contributed by atoms with Crippen LogP contribution in [0.2, 0.25) is 0 Å². The van der Waals surface area contributed by atoms with Crippen LogP contribution in [0.4, 0.5) is 19.0 Å². The number of carbonyl (C=O) groups excluding carboxylic acids is 1. The molecule has 0 spiro atoms. The summed E-state index contributed by atoms with van der Waals surface area (Å²) in [6.45, 7) is 0.219. The molecule has 158 valence electrons. The van der Waals surface area contributed by atoms with Crippen LogP contribution < -0.4 is 10.6 Å². The molecule has 1 amide bonds. The molecule has 9 heteroatoms. The normalized spacial score (nSPS) is 10.9. The van der Waals surface area contributed by atoms with Crippen LogP contribution in [0.3, 0.4) is 0 Å². The average molecular weight is 425 g/mol. The molecule has 0 radical (unpaired) electrons. The maximum atomic E-state index is 13.7. The molecular formula is C22H18F3N5O. The summed E-state index contributed by atoms with van der Waals surface area (Å²) in [5, 5.41) is 5.77. The molecule has 0 fully saturated rings. The Balaban J connectivity index is 1.44. The fraction of sp³-hybridized carbons (Fsp3) is 0.136. The van der Waals surface area contributed by atoms with Crippen molar-refractivity contribution in [3.05, 3.63) is 84.1 Å². The van der Waals surface area contributed by atoms with Crippen molar-refractivity contribution >= 4 is 17.4 Å². The number of carbonyl (C=O) groups is 1. The number of nitrogens with zero attached hydrogens (tertiary/aromatic N) is 3. The quantitative estimate of drug-likeness (QED) is 0.471. The molecule has 2 N–H and O–H groups in total. The minimum absolute atomic E-state index is 0.0409. The van der Waals surface area contributed by atoms with E-state index in [0.717, 1.165) is 12.1 Å². The molecule has 4 rings (SSSR count). The summed E-state index contributed by atoms with van der Waals surface area (Å²) in [7, 11) is 0. The van der Waals surface area contributed by atoms with Crippen LogP contribution in [0.25, 0.3) is 16.9 Å². The zero-order valence-corrected chi connectivity index (χ0v) is 16.3. The van der Waals surface area contributed by atoms with Crippen molar-refractivity contribution in [1.82, 2.24) is 19.7 Å². The van der Waals surface area contributed by atoms with Gasteiger partial charge in [-0.25, -0.2) is 18.2 Å². The van der Waals surface area contributed by atoms with Crippen LogP contribution in [-0.4, -0.2) is 26.8 Å². The Hall–Kier alpha value is -3.88. The molecule has 2 heterocycles. The molecule has 0 aliphatic heterocycles. The number of aromatic nitrogens is 3. The van der Waals surface area contributed by atoms with Gasteiger partial charge in [0.15, 0.2) is 5.65 Å². The minimum Gasteiger partial charge on any atom is -0.369 e. The van der Waals surface area contributed by atoms with E-state index in [-0.39, 0.29) is 36.8 Å². The van der Waals surface area contributed by atoms with Crippen molar-refractivity contribution in [2.75, 3.05) is 11.9 Å². The number of amides is 1. The Morgan fingerprint density at radius 2 is 1.90 bits per heavy atom. The van der Waals surface area contributed by atoms with E-state index in [1.807, 2.05) is 0 Å². The fourth-order valence-corrected chi connectivity index (χ4v) is 3.15. The monoisotopic (exact) mass is 425 g/mol. The van der Waals surface area contributed by atoms with E-state index < -0.39 is 11.6 Å². The third-order valence-corrected chi connectivity index (χ3v) is 4.66. The highest BCUT2D eigenvalue weighted by Crippen LogP contribution is 2.28. The van der Waals surface area contributed by atoms with E-state index in [0.29, 0.717) is 22.7 Å². The Morgan fingerprint density at radius 3 is 2.71 bits per heavy atom. The van der Waals surface area contributed by atoms with E-state index in [4.69, 9.17) is 0 Å². The molecule has 0 bridgehead atoms. The van der Waals surface area contributed by atoms with Gasteiger partial charge in [-0.05, 0) is 18.2 Å². The number of hydrogen-bond donors (Lipinski definition) is 2. The smallest absolute Gasteiger partial charge is 0.222 e. The summed E-state index contributed by atoms with van der Waals surface area (Å²) in [6, 6.07) is 9.27. The first kappa shape index (κ1) is 20.4. The van der Waals surface area contributed by atoms with E-state index in [2.05, 4.69) is 20.6 Å². The first-order valence-electron chi connectivity index (χ1n) is 9.54. The average Bonchev–Trinajstić information content (AvgIpc) is 3.12. The van der Waals surface area contributed by atoms with E-state index >= 15 is 0 Å². The maximum absolute atomic E-state index is 13.7. The fourth-order valence-electron chi connectivity index (χ4n) is 3.15. The molecule has 0 aliphatic rings. The first-order chi connectivity index (χ1) is 15.0. The Labute approximate surface area is 175 Å². The summed E-state index contributed by atoms with van der Waals surface area (Å²) < 4.78 is 42.1. The lowest BCUT2D eigenvalue weighted by molar-refractivity contribution is -0.121. The maximum Gasteiger partial charge on any atom is 0.222 e. The second-order valence-electron chi connectivity index (χ2n) is 6.81. The largest absolute Gasteiger partial charge is 0.369 e. The molecule has 0 saturated heterocycles. The number of benzene rings is 2. The van der Waals surface area contributed by atoms with Gasteiger partial charge < -0.3 is 10.6 Å². The van der Waals surface area contributed by atoms with Crippen LogP contribution >= 0.6 is 0 Å². The molecule has 0 atom stereocenters. The summed E-state index contributed by atoms with van der Waals surface area (Å²) in [6.07, 6.45) is 4.99. The SMILES string of the molecule is O=C(CCNc1c(-c2cccc(F)c2)nc2cnccn12)NCc1ccc(F)cc1F. The Morgan fingerprint density at radius 1 is 1.06 bits per heavy atom. The number of nitrogens with one attached hydrogen (secondary N) is 2. The number of halogens is 3. The second kappa shape index (κ2) is 8.86. The minimum atomic E-state index is -0.711. The van der Waals surface area contributed by atoms with Crippen molar-refractivity contribution in [2.24, 2.45) is 0 Å². The standard InChI is InChI=1S/C22H18F3N5O/c23-16-3-1-2-14(10-16)21-22(30-9-8-26-13-19(30)29-21)27-7-6-20(31)28-12-15-4-5-17(24)11-18(15)25/h1-5,8-11,13,27H,6-7,12H2,(H,28,31). The lowest BCUT2D eigenvalue weighted by Crippen LogP contribution is -2.25.